The van der Waals surface area contributed by atoms with E-state index in [9.17, 15) is 23.1 Å². The van der Waals surface area contributed by atoms with Crippen LogP contribution in [0.1, 0.15) is 12.8 Å². The first-order chi connectivity index (χ1) is 14.3. The summed E-state index contributed by atoms with van der Waals surface area (Å²) >= 11 is 1.26. The fourth-order valence-electron chi connectivity index (χ4n) is 4.21. The van der Waals surface area contributed by atoms with Crippen LogP contribution in [0.5, 0.6) is 5.75 Å². The first-order valence-corrected chi connectivity index (χ1v) is 10.0. The Balaban J connectivity index is 1.54. The summed E-state index contributed by atoms with van der Waals surface area (Å²) < 4.78 is 48.3. The Hall–Kier alpha value is -3.02. The lowest BCUT2D eigenvalue weighted by Gasteiger charge is -2.38. The number of rotatable bonds is 3. The van der Waals surface area contributed by atoms with Gasteiger partial charge in [-0.05, 0) is 18.9 Å². The second-order valence-electron chi connectivity index (χ2n) is 7.18. The number of carboxylic acid groups (broad SMARTS) is 1. The van der Waals surface area contributed by atoms with Gasteiger partial charge in [0.2, 0.25) is 0 Å². The molecule has 3 aromatic rings. The molecule has 2 saturated heterocycles. The maximum absolute atomic E-state index is 12.8. The van der Waals surface area contributed by atoms with Crippen molar-refractivity contribution in [1.29, 1.82) is 0 Å². The molecule has 1 aromatic carbocycles. The van der Waals surface area contributed by atoms with Gasteiger partial charge in [-0.3, -0.25) is 4.90 Å². The van der Waals surface area contributed by atoms with Gasteiger partial charge in [-0.1, -0.05) is 0 Å². The van der Waals surface area contributed by atoms with Gasteiger partial charge in [0, 0.05) is 30.7 Å². The molecule has 2 fully saturated rings. The van der Waals surface area contributed by atoms with Crippen LogP contribution in [-0.2, 0) is 0 Å². The summed E-state index contributed by atoms with van der Waals surface area (Å²) in [5.41, 5.74) is 0.875. The number of aromatic nitrogens is 2. The highest BCUT2D eigenvalue weighted by atomic mass is 32.1. The van der Waals surface area contributed by atoms with Crippen molar-refractivity contribution < 1.29 is 32.2 Å². The minimum atomic E-state index is -4.84. The molecule has 2 aliphatic rings. The van der Waals surface area contributed by atoms with E-state index < -0.39 is 18.2 Å². The fourth-order valence-corrected chi connectivity index (χ4v) is 4.86. The van der Waals surface area contributed by atoms with Crippen molar-refractivity contribution in [3.63, 3.8) is 0 Å². The van der Waals surface area contributed by atoms with Crippen molar-refractivity contribution in [2.75, 3.05) is 18.0 Å². The molecular weight excluding hydrogens is 425 g/mol. The average Bonchev–Trinajstić information content (AvgIpc) is 3.37. The topological polar surface area (TPSA) is 91.9 Å². The van der Waals surface area contributed by atoms with Gasteiger partial charge in [0.1, 0.15) is 16.3 Å². The third-order valence-corrected chi connectivity index (χ3v) is 6.13. The highest BCUT2D eigenvalue weighted by Gasteiger charge is 2.44. The van der Waals surface area contributed by atoms with Crippen LogP contribution in [-0.4, -0.2) is 57.6 Å². The summed E-state index contributed by atoms with van der Waals surface area (Å²) in [4.78, 5) is 23.4. The lowest BCUT2D eigenvalue weighted by molar-refractivity contribution is -0.274. The van der Waals surface area contributed by atoms with Crippen LogP contribution in [0.2, 0.25) is 0 Å². The minimum Gasteiger partial charge on any atom is -0.465 e. The number of ether oxygens (including phenoxy) is 1. The summed E-state index contributed by atoms with van der Waals surface area (Å²) in [5, 5.41) is 11.6. The van der Waals surface area contributed by atoms with Crippen LogP contribution in [0, 0.1) is 0 Å². The van der Waals surface area contributed by atoms with Crippen LogP contribution in [0.3, 0.4) is 0 Å². The maximum atomic E-state index is 12.8. The number of thiazole rings is 1. The molecule has 1 amide bonds. The molecule has 0 radical (unpaired) electrons. The summed E-state index contributed by atoms with van der Waals surface area (Å²) in [5.74, 6) is -0.407. The monoisotopic (exact) mass is 440 g/mol. The Morgan fingerprint density at radius 1 is 1.27 bits per heavy atom. The second-order valence-corrected chi connectivity index (χ2v) is 8.07. The van der Waals surface area contributed by atoms with Gasteiger partial charge in [0.25, 0.3) is 6.01 Å². The Labute approximate surface area is 171 Å². The Morgan fingerprint density at radius 3 is 2.60 bits per heavy atom. The standard InChI is InChI=1S/C18H15F3N4O4S/c19-18(20,21)29-11-5-12(15-22-3-4-30-15)14-13(6-11)23-16(28-14)24-7-9-1-2-10(8-24)25(9)17(26)27/h3-6,9-10H,1-2,7-8H2,(H,26,27). The molecular formula is C18H15F3N4O4S. The van der Waals surface area contributed by atoms with E-state index in [-0.39, 0.29) is 23.6 Å². The summed E-state index contributed by atoms with van der Waals surface area (Å²) in [6.45, 7) is 0.822. The predicted molar refractivity (Wildman–Crippen MR) is 101 cm³/mol. The molecule has 8 nitrogen and oxygen atoms in total. The number of amides is 1. The van der Waals surface area contributed by atoms with Crippen molar-refractivity contribution in [2.24, 2.45) is 0 Å². The molecule has 2 aromatic heterocycles. The molecule has 2 bridgehead atoms. The van der Waals surface area contributed by atoms with Gasteiger partial charge in [-0.2, -0.15) is 4.98 Å². The van der Waals surface area contributed by atoms with E-state index in [1.165, 1.54) is 28.4 Å². The number of nitrogens with zero attached hydrogens (tertiary/aromatic N) is 4. The van der Waals surface area contributed by atoms with E-state index in [1.54, 1.807) is 11.6 Å². The summed E-state index contributed by atoms with van der Waals surface area (Å²) in [7, 11) is 0. The predicted octanol–water partition coefficient (Wildman–Crippen LogP) is 4.18. The number of anilines is 1. The lowest BCUT2D eigenvalue weighted by atomic mass is 10.2. The van der Waals surface area contributed by atoms with Gasteiger partial charge in [-0.25, -0.2) is 9.78 Å². The zero-order valence-corrected chi connectivity index (χ0v) is 16.1. The molecule has 2 atom stereocenters. The van der Waals surface area contributed by atoms with Crippen LogP contribution in [0.4, 0.5) is 24.0 Å². The van der Waals surface area contributed by atoms with Crippen LogP contribution < -0.4 is 9.64 Å². The van der Waals surface area contributed by atoms with Gasteiger partial charge in [-0.15, -0.1) is 24.5 Å². The fraction of sp³-hybridized carbons (Fsp3) is 0.389. The molecule has 0 aliphatic carbocycles. The van der Waals surface area contributed by atoms with Gasteiger partial charge >= 0.3 is 12.5 Å². The number of oxazole rings is 1. The van der Waals surface area contributed by atoms with Crippen molar-refractivity contribution in [3.05, 3.63) is 23.7 Å². The quantitative estimate of drug-likeness (QED) is 0.653. The average molecular weight is 440 g/mol. The molecule has 158 valence electrons. The Morgan fingerprint density at radius 2 is 2.00 bits per heavy atom. The molecule has 2 unspecified atom stereocenters. The third kappa shape index (κ3) is 3.30. The Kier molecular flexibility index (Phi) is 4.27. The number of halogens is 3. The van der Waals surface area contributed by atoms with Crippen LogP contribution >= 0.6 is 11.3 Å². The number of hydrogen-bond donors (Lipinski definition) is 1. The van der Waals surface area contributed by atoms with E-state index in [0.29, 0.717) is 29.2 Å². The molecule has 1 N–H and O–H groups in total. The van der Waals surface area contributed by atoms with Gasteiger partial charge in [0.15, 0.2) is 5.58 Å². The number of fused-ring (bicyclic) bond motifs is 3. The van der Waals surface area contributed by atoms with Crippen molar-refractivity contribution in [2.45, 2.75) is 31.3 Å². The number of hydrogen-bond acceptors (Lipinski definition) is 7. The summed E-state index contributed by atoms with van der Waals surface area (Å²) in [6, 6.07) is 2.32. The normalized spacial score (nSPS) is 21.4. The Bertz CT molecular complexity index is 1090. The third-order valence-electron chi connectivity index (χ3n) is 5.32. The van der Waals surface area contributed by atoms with Gasteiger partial charge < -0.3 is 19.2 Å². The molecule has 12 heteroatoms. The first-order valence-electron chi connectivity index (χ1n) is 9.15. The zero-order chi connectivity index (χ0) is 21.0. The van der Waals surface area contributed by atoms with Crippen molar-refractivity contribution >= 4 is 34.5 Å². The number of alkyl halides is 3. The molecule has 4 heterocycles. The highest BCUT2D eigenvalue weighted by Crippen LogP contribution is 2.39. The maximum Gasteiger partial charge on any atom is 0.573 e. The van der Waals surface area contributed by atoms with E-state index in [2.05, 4.69) is 14.7 Å². The largest absolute Gasteiger partial charge is 0.573 e. The first kappa shape index (κ1) is 19.0. The van der Waals surface area contributed by atoms with E-state index in [1.807, 2.05) is 4.90 Å². The van der Waals surface area contributed by atoms with E-state index in [4.69, 9.17) is 4.42 Å². The SMILES string of the molecule is O=C(O)N1C2CCC1CN(c1nc3cc(OC(F)(F)F)cc(-c4nccs4)c3o1)C2. The van der Waals surface area contributed by atoms with Crippen LogP contribution in [0.25, 0.3) is 21.7 Å². The van der Waals surface area contributed by atoms with E-state index >= 15 is 0 Å². The second kappa shape index (κ2) is 6.76. The molecule has 2 aliphatic heterocycles. The smallest absolute Gasteiger partial charge is 0.465 e. The molecule has 30 heavy (non-hydrogen) atoms. The van der Waals surface area contributed by atoms with E-state index in [0.717, 1.165) is 12.8 Å². The van der Waals surface area contributed by atoms with Gasteiger partial charge in [0.05, 0.1) is 17.6 Å². The van der Waals surface area contributed by atoms with Crippen LogP contribution in [0.15, 0.2) is 28.1 Å². The van der Waals surface area contributed by atoms with Crippen molar-refractivity contribution in [3.8, 4) is 16.3 Å². The number of carbonyl (C=O) groups is 1. The summed E-state index contributed by atoms with van der Waals surface area (Å²) in [6.07, 6.45) is -2.74. The minimum absolute atomic E-state index is 0.168. The number of benzene rings is 1. The molecule has 0 spiro atoms. The lowest BCUT2D eigenvalue weighted by Crippen LogP contribution is -2.55. The molecule has 5 rings (SSSR count). The zero-order valence-electron chi connectivity index (χ0n) is 15.3. The van der Waals surface area contributed by atoms with Crippen molar-refractivity contribution in [1.82, 2.24) is 14.9 Å². The number of piperazine rings is 1. The highest BCUT2D eigenvalue weighted by molar-refractivity contribution is 7.13. The molecule has 0 saturated carbocycles.